The maximum absolute atomic E-state index is 12.6. The van der Waals surface area contributed by atoms with Crippen LogP contribution in [0.5, 0.6) is 0 Å². The van der Waals surface area contributed by atoms with Crippen molar-refractivity contribution < 1.29 is 14.7 Å². The minimum absolute atomic E-state index is 0.173. The van der Waals surface area contributed by atoms with Gasteiger partial charge in [-0.1, -0.05) is 11.3 Å². The van der Waals surface area contributed by atoms with E-state index in [0.29, 0.717) is 17.8 Å². The first-order valence-electron chi connectivity index (χ1n) is 7.82. The Hall–Kier alpha value is -1.67. The number of likely N-dealkylation sites (tertiary alicyclic amines) is 1. The van der Waals surface area contributed by atoms with Gasteiger partial charge < -0.3 is 14.9 Å². The van der Waals surface area contributed by atoms with E-state index < -0.39 is 12.0 Å². The zero-order valence-corrected chi connectivity index (χ0v) is 14.2. The number of fused-ring (bicyclic) bond motifs is 1. The van der Waals surface area contributed by atoms with Gasteiger partial charge in [0.05, 0.1) is 9.58 Å². The van der Waals surface area contributed by atoms with E-state index in [-0.39, 0.29) is 5.91 Å². The van der Waals surface area contributed by atoms with Gasteiger partial charge in [0.15, 0.2) is 5.13 Å². The van der Waals surface area contributed by atoms with Crippen molar-refractivity contribution >= 4 is 49.2 Å². The Morgan fingerprint density at radius 1 is 1.17 bits per heavy atom. The molecular weight excluding hydrogens is 334 g/mol. The normalized spacial score (nSPS) is 21.5. The Labute approximate surface area is 141 Å². The summed E-state index contributed by atoms with van der Waals surface area (Å²) >= 11 is 2.99. The van der Waals surface area contributed by atoms with Gasteiger partial charge in [0.1, 0.15) is 10.9 Å². The summed E-state index contributed by atoms with van der Waals surface area (Å²) in [5.41, 5.74) is 0. The van der Waals surface area contributed by atoms with E-state index in [1.807, 2.05) is 6.07 Å². The lowest BCUT2D eigenvalue weighted by molar-refractivity contribution is -0.141. The summed E-state index contributed by atoms with van der Waals surface area (Å²) in [5, 5.41) is 10.3. The van der Waals surface area contributed by atoms with E-state index in [1.165, 1.54) is 29.1 Å². The van der Waals surface area contributed by atoms with E-state index in [9.17, 15) is 14.7 Å². The van der Waals surface area contributed by atoms with Gasteiger partial charge in [0.2, 0.25) is 0 Å². The van der Waals surface area contributed by atoms with E-state index in [0.717, 1.165) is 34.2 Å². The van der Waals surface area contributed by atoms with Gasteiger partial charge in [-0.15, -0.1) is 11.3 Å². The van der Waals surface area contributed by atoms with Crippen LogP contribution in [0.2, 0.25) is 0 Å². The van der Waals surface area contributed by atoms with Crippen molar-refractivity contribution in [2.45, 2.75) is 31.7 Å². The quantitative estimate of drug-likeness (QED) is 0.920. The van der Waals surface area contributed by atoms with Gasteiger partial charge >= 0.3 is 5.97 Å². The summed E-state index contributed by atoms with van der Waals surface area (Å²) in [5.74, 6) is -1.09. The highest BCUT2D eigenvalue weighted by atomic mass is 32.1. The number of aromatic nitrogens is 1. The topological polar surface area (TPSA) is 73.7 Å². The molecule has 1 N–H and O–H groups in total. The average molecular weight is 351 g/mol. The summed E-state index contributed by atoms with van der Waals surface area (Å²) in [4.78, 5) is 33.8. The molecule has 0 radical (unpaired) electrons. The smallest absolute Gasteiger partial charge is 0.326 e. The minimum Gasteiger partial charge on any atom is -0.480 e. The second kappa shape index (κ2) is 5.76. The Kier molecular flexibility index (Phi) is 3.73. The van der Waals surface area contributed by atoms with E-state index in [2.05, 4.69) is 9.88 Å². The second-order valence-electron chi connectivity index (χ2n) is 5.97. The highest BCUT2D eigenvalue weighted by Crippen LogP contribution is 2.36. The van der Waals surface area contributed by atoms with Crippen LogP contribution in [0, 0.1) is 0 Å². The van der Waals surface area contributed by atoms with Crippen LogP contribution in [0.3, 0.4) is 0 Å². The summed E-state index contributed by atoms with van der Waals surface area (Å²) in [7, 11) is 0. The number of thiazole rings is 1. The molecule has 0 bridgehead atoms. The molecule has 1 atom stereocenters. The molecule has 122 valence electrons. The summed E-state index contributed by atoms with van der Waals surface area (Å²) in [6, 6.07) is 1.19. The monoisotopic (exact) mass is 351 g/mol. The number of carboxylic acids is 1. The van der Waals surface area contributed by atoms with Crippen LogP contribution in [-0.4, -0.2) is 52.5 Å². The molecule has 6 nitrogen and oxygen atoms in total. The van der Waals surface area contributed by atoms with Gasteiger partial charge in [-0.05, 0) is 31.7 Å². The van der Waals surface area contributed by atoms with Crippen LogP contribution >= 0.6 is 22.7 Å². The van der Waals surface area contributed by atoms with Crippen molar-refractivity contribution in [3.05, 3.63) is 10.9 Å². The fourth-order valence-corrected chi connectivity index (χ4v) is 5.50. The maximum Gasteiger partial charge on any atom is 0.326 e. The molecule has 2 saturated heterocycles. The van der Waals surface area contributed by atoms with E-state index in [1.54, 1.807) is 11.3 Å². The molecule has 2 fully saturated rings. The third-order valence-corrected chi connectivity index (χ3v) is 6.67. The molecule has 2 aromatic rings. The van der Waals surface area contributed by atoms with Gasteiger partial charge in [-0.2, -0.15) is 0 Å². The van der Waals surface area contributed by atoms with Gasteiger partial charge in [0.25, 0.3) is 5.91 Å². The number of hydrogen-bond donors (Lipinski definition) is 1. The van der Waals surface area contributed by atoms with Crippen molar-refractivity contribution in [1.29, 1.82) is 0 Å². The number of amides is 1. The van der Waals surface area contributed by atoms with Crippen molar-refractivity contribution in [3.63, 3.8) is 0 Å². The third kappa shape index (κ3) is 2.59. The molecular formula is C15H17N3O3S2. The first kappa shape index (κ1) is 14.9. The number of rotatable bonds is 3. The van der Waals surface area contributed by atoms with Crippen LogP contribution in [-0.2, 0) is 4.79 Å². The Bertz CT molecular complexity index is 732. The standard InChI is InChI=1S/C15H17N3O3S2/c19-13(18-7-3-4-9(18)14(20)21)11-8-10-12(22-11)16-15(23-10)17-5-1-2-6-17/h8-9H,1-7H2,(H,20,21)/t9-/m0/s1. The molecule has 4 rings (SSSR count). The molecule has 0 saturated carbocycles. The fourth-order valence-electron chi connectivity index (χ4n) is 3.28. The molecule has 2 aromatic heterocycles. The number of hydrogen-bond acceptors (Lipinski definition) is 6. The lowest BCUT2D eigenvalue weighted by Crippen LogP contribution is -2.40. The van der Waals surface area contributed by atoms with Gasteiger partial charge in [-0.3, -0.25) is 4.79 Å². The summed E-state index contributed by atoms with van der Waals surface area (Å²) in [6.45, 7) is 2.63. The van der Waals surface area contributed by atoms with Crippen LogP contribution in [0.1, 0.15) is 35.4 Å². The number of carbonyl (C=O) groups is 2. The van der Waals surface area contributed by atoms with Crippen molar-refractivity contribution in [1.82, 2.24) is 9.88 Å². The van der Waals surface area contributed by atoms with Crippen LogP contribution in [0.4, 0.5) is 5.13 Å². The number of anilines is 1. The lowest BCUT2D eigenvalue weighted by atomic mass is 10.2. The zero-order valence-electron chi connectivity index (χ0n) is 12.5. The Morgan fingerprint density at radius 2 is 1.96 bits per heavy atom. The molecule has 4 heterocycles. The fraction of sp³-hybridized carbons (Fsp3) is 0.533. The van der Waals surface area contributed by atoms with E-state index in [4.69, 9.17) is 0 Å². The van der Waals surface area contributed by atoms with Crippen LogP contribution in [0.25, 0.3) is 9.53 Å². The van der Waals surface area contributed by atoms with Crippen LogP contribution < -0.4 is 4.90 Å². The van der Waals surface area contributed by atoms with Crippen molar-refractivity contribution in [3.8, 4) is 0 Å². The molecule has 8 heteroatoms. The molecule has 23 heavy (non-hydrogen) atoms. The highest BCUT2D eigenvalue weighted by Gasteiger charge is 2.35. The Balaban J connectivity index is 1.58. The molecule has 2 aliphatic rings. The van der Waals surface area contributed by atoms with Crippen molar-refractivity contribution in [2.75, 3.05) is 24.5 Å². The second-order valence-corrected chi connectivity index (χ2v) is 8.01. The van der Waals surface area contributed by atoms with E-state index >= 15 is 0 Å². The zero-order chi connectivity index (χ0) is 16.0. The third-order valence-electron chi connectivity index (χ3n) is 4.46. The molecule has 0 unspecified atom stereocenters. The SMILES string of the molecule is O=C(O)[C@@H]1CCCN1C(=O)c1cc2sc(N3CCCC3)nc2s1. The van der Waals surface area contributed by atoms with Gasteiger partial charge in [-0.25, -0.2) is 9.78 Å². The number of carboxylic acid groups (broad SMARTS) is 1. The number of thiophene rings is 1. The minimum atomic E-state index is -0.913. The Morgan fingerprint density at radius 3 is 2.65 bits per heavy atom. The van der Waals surface area contributed by atoms with Gasteiger partial charge in [0, 0.05) is 19.6 Å². The average Bonchev–Trinajstić information content (AvgIpc) is 3.26. The predicted molar refractivity (Wildman–Crippen MR) is 90.6 cm³/mol. The summed E-state index contributed by atoms with van der Waals surface area (Å²) in [6.07, 6.45) is 3.71. The molecule has 2 aliphatic heterocycles. The highest BCUT2D eigenvalue weighted by molar-refractivity contribution is 7.29. The largest absolute Gasteiger partial charge is 0.480 e. The lowest BCUT2D eigenvalue weighted by Gasteiger charge is -2.20. The van der Waals surface area contributed by atoms with Crippen LogP contribution in [0.15, 0.2) is 6.07 Å². The predicted octanol–water partition coefficient (Wildman–Crippen LogP) is 2.65. The molecule has 0 spiro atoms. The summed E-state index contributed by atoms with van der Waals surface area (Å²) < 4.78 is 1.02. The molecule has 0 aromatic carbocycles. The first-order chi connectivity index (χ1) is 11.1. The molecule has 0 aliphatic carbocycles. The first-order valence-corrected chi connectivity index (χ1v) is 9.46. The maximum atomic E-state index is 12.6. The number of nitrogens with zero attached hydrogens (tertiary/aromatic N) is 3. The number of carbonyl (C=O) groups excluding carboxylic acids is 1. The number of aliphatic carboxylic acids is 1. The van der Waals surface area contributed by atoms with Crippen molar-refractivity contribution in [2.24, 2.45) is 0 Å². The molecule has 1 amide bonds.